The highest BCUT2D eigenvalue weighted by atomic mass is 16.2. The molecule has 0 bridgehead atoms. The van der Waals surface area contributed by atoms with Crippen molar-refractivity contribution in [3.63, 3.8) is 0 Å². The second-order valence-electron chi connectivity index (χ2n) is 5.33. The van der Waals surface area contributed by atoms with Crippen molar-refractivity contribution in [3.05, 3.63) is 29.6 Å². The second kappa shape index (κ2) is 7.21. The topological polar surface area (TPSA) is 62.5 Å². The summed E-state index contributed by atoms with van der Waals surface area (Å²) in [4.78, 5) is 21.0. The summed E-state index contributed by atoms with van der Waals surface area (Å²) in [6.07, 6.45) is 1.63. The maximum atomic E-state index is 12.6. The highest BCUT2D eigenvalue weighted by Crippen LogP contribution is 2.12. The molecule has 112 valence electrons. The maximum Gasteiger partial charge on any atom is 0.273 e. The van der Waals surface area contributed by atoms with Gasteiger partial charge >= 0.3 is 0 Å². The minimum absolute atomic E-state index is 0.0414. The Morgan fingerprint density at radius 1 is 1.38 bits per heavy atom. The smallest absolute Gasteiger partial charge is 0.273 e. The summed E-state index contributed by atoms with van der Waals surface area (Å²) in [5.74, 6) is 5.67. The molecule has 1 aliphatic heterocycles. The van der Waals surface area contributed by atoms with Crippen molar-refractivity contribution in [3.8, 4) is 11.8 Å². The lowest BCUT2D eigenvalue weighted by Crippen LogP contribution is -2.50. The standard InChI is InChI=1S/C16H22N4O/c1-13(2)19-9-11-20(12-10-19)16(21)15-14(5-3-7-17)6-4-8-18-15/h4,6,8,13H,7,9-12,17H2,1-2H3. The summed E-state index contributed by atoms with van der Waals surface area (Å²) in [6, 6.07) is 4.12. The minimum atomic E-state index is -0.0414. The summed E-state index contributed by atoms with van der Waals surface area (Å²) < 4.78 is 0. The third-order valence-electron chi connectivity index (χ3n) is 3.67. The number of carbonyl (C=O) groups excluding carboxylic acids is 1. The Bertz CT molecular complexity index is 551. The maximum absolute atomic E-state index is 12.6. The summed E-state index contributed by atoms with van der Waals surface area (Å²) in [7, 11) is 0. The third-order valence-corrected chi connectivity index (χ3v) is 3.67. The predicted molar refractivity (Wildman–Crippen MR) is 82.8 cm³/mol. The SMILES string of the molecule is CC(C)N1CCN(C(=O)c2ncccc2C#CCN)CC1. The van der Waals surface area contributed by atoms with E-state index in [1.807, 2.05) is 11.0 Å². The molecule has 1 fully saturated rings. The van der Waals surface area contributed by atoms with E-state index < -0.39 is 0 Å². The Morgan fingerprint density at radius 2 is 2.10 bits per heavy atom. The van der Waals surface area contributed by atoms with Crippen LogP contribution >= 0.6 is 0 Å². The lowest BCUT2D eigenvalue weighted by atomic mass is 10.1. The van der Waals surface area contributed by atoms with Crippen molar-refractivity contribution < 1.29 is 4.79 Å². The van der Waals surface area contributed by atoms with Crippen LogP contribution in [0, 0.1) is 11.8 Å². The van der Waals surface area contributed by atoms with Crippen molar-refractivity contribution >= 4 is 5.91 Å². The summed E-state index contributed by atoms with van der Waals surface area (Å²) in [5.41, 5.74) is 6.47. The number of nitrogens with two attached hydrogens (primary N) is 1. The van der Waals surface area contributed by atoms with Crippen LogP contribution in [0.3, 0.4) is 0 Å². The van der Waals surface area contributed by atoms with Gasteiger partial charge in [0, 0.05) is 38.4 Å². The molecule has 0 radical (unpaired) electrons. The molecule has 5 heteroatoms. The number of amides is 1. The van der Waals surface area contributed by atoms with Gasteiger partial charge < -0.3 is 10.6 Å². The van der Waals surface area contributed by atoms with Gasteiger partial charge in [-0.15, -0.1) is 0 Å². The third kappa shape index (κ3) is 3.81. The highest BCUT2D eigenvalue weighted by molar-refractivity contribution is 5.94. The monoisotopic (exact) mass is 286 g/mol. The van der Waals surface area contributed by atoms with Crippen molar-refractivity contribution in [2.75, 3.05) is 32.7 Å². The zero-order chi connectivity index (χ0) is 15.2. The molecule has 5 nitrogen and oxygen atoms in total. The Morgan fingerprint density at radius 3 is 2.71 bits per heavy atom. The molecule has 1 saturated heterocycles. The first-order valence-electron chi connectivity index (χ1n) is 7.30. The van der Waals surface area contributed by atoms with E-state index in [9.17, 15) is 4.79 Å². The highest BCUT2D eigenvalue weighted by Gasteiger charge is 2.25. The Balaban J connectivity index is 2.11. The van der Waals surface area contributed by atoms with Crippen molar-refractivity contribution in [2.24, 2.45) is 5.73 Å². The number of rotatable bonds is 2. The fourth-order valence-electron chi connectivity index (χ4n) is 2.41. The number of pyridine rings is 1. The van der Waals surface area contributed by atoms with Crippen LogP contribution in [0.5, 0.6) is 0 Å². The summed E-state index contributed by atoms with van der Waals surface area (Å²) in [6.45, 7) is 7.90. The van der Waals surface area contributed by atoms with Gasteiger partial charge in [0.2, 0.25) is 0 Å². The van der Waals surface area contributed by atoms with Crippen LogP contribution in [0.4, 0.5) is 0 Å². The van der Waals surface area contributed by atoms with Gasteiger partial charge in [-0.05, 0) is 26.0 Å². The number of piperazine rings is 1. The van der Waals surface area contributed by atoms with Crippen LogP contribution in [-0.4, -0.2) is 59.5 Å². The molecular weight excluding hydrogens is 264 g/mol. The number of aromatic nitrogens is 1. The molecule has 1 aliphatic rings. The van der Waals surface area contributed by atoms with Gasteiger partial charge in [0.25, 0.3) is 5.91 Å². The van der Waals surface area contributed by atoms with Crippen molar-refractivity contribution in [1.82, 2.24) is 14.8 Å². The molecule has 0 spiro atoms. The number of carbonyl (C=O) groups is 1. The van der Waals surface area contributed by atoms with E-state index in [0.717, 1.165) is 26.2 Å². The van der Waals surface area contributed by atoms with Gasteiger partial charge in [-0.2, -0.15) is 0 Å². The molecular formula is C16H22N4O. The quantitative estimate of drug-likeness (QED) is 0.807. The van der Waals surface area contributed by atoms with Crippen LogP contribution < -0.4 is 5.73 Å². The van der Waals surface area contributed by atoms with E-state index in [-0.39, 0.29) is 12.5 Å². The van der Waals surface area contributed by atoms with Crippen LogP contribution in [0.25, 0.3) is 0 Å². The molecule has 21 heavy (non-hydrogen) atoms. The van der Waals surface area contributed by atoms with Crippen LogP contribution in [0.15, 0.2) is 18.3 Å². The number of hydrogen-bond acceptors (Lipinski definition) is 4. The molecule has 2 rings (SSSR count). The molecule has 0 saturated carbocycles. The Labute approximate surface area is 126 Å². The Kier molecular flexibility index (Phi) is 5.32. The molecule has 0 aromatic carbocycles. The van der Waals surface area contributed by atoms with Gasteiger partial charge in [-0.3, -0.25) is 9.69 Å². The van der Waals surface area contributed by atoms with Gasteiger partial charge in [0.15, 0.2) is 0 Å². The zero-order valence-corrected chi connectivity index (χ0v) is 12.7. The van der Waals surface area contributed by atoms with E-state index in [4.69, 9.17) is 5.73 Å². The Hall–Kier alpha value is -1.90. The molecule has 0 atom stereocenters. The first-order valence-corrected chi connectivity index (χ1v) is 7.30. The van der Waals surface area contributed by atoms with E-state index in [0.29, 0.717) is 17.3 Å². The molecule has 1 amide bonds. The largest absolute Gasteiger partial charge is 0.335 e. The molecule has 0 aliphatic carbocycles. The average molecular weight is 286 g/mol. The number of hydrogen-bond donors (Lipinski definition) is 1. The summed E-state index contributed by atoms with van der Waals surface area (Å²) in [5, 5.41) is 0. The van der Waals surface area contributed by atoms with Crippen LogP contribution in [0.2, 0.25) is 0 Å². The zero-order valence-electron chi connectivity index (χ0n) is 12.7. The summed E-state index contributed by atoms with van der Waals surface area (Å²) >= 11 is 0. The fraction of sp³-hybridized carbons (Fsp3) is 0.500. The molecule has 1 aromatic rings. The van der Waals surface area contributed by atoms with Crippen molar-refractivity contribution in [2.45, 2.75) is 19.9 Å². The lowest BCUT2D eigenvalue weighted by Gasteiger charge is -2.36. The molecule has 2 heterocycles. The van der Waals surface area contributed by atoms with Crippen LogP contribution in [0.1, 0.15) is 29.9 Å². The normalized spacial score (nSPS) is 15.7. The van der Waals surface area contributed by atoms with E-state index >= 15 is 0 Å². The fourth-order valence-corrected chi connectivity index (χ4v) is 2.41. The van der Waals surface area contributed by atoms with E-state index in [2.05, 4.69) is 35.6 Å². The predicted octanol–water partition coefficient (Wildman–Crippen LogP) is 0.558. The molecule has 2 N–H and O–H groups in total. The second-order valence-corrected chi connectivity index (χ2v) is 5.33. The first kappa shape index (κ1) is 15.5. The van der Waals surface area contributed by atoms with Gasteiger partial charge in [0.1, 0.15) is 5.69 Å². The molecule has 0 unspecified atom stereocenters. The lowest BCUT2D eigenvalue weighted by molar-refractivity contribution is 0.0589. The van der Waals surface area contributed by atoms with E-state index in [1.54, 1.807) is 12.3 Å². The van der Waals surface area contributed by atoms with Gasteiger partial charge in [0.05, 0.1) is 12.1 Å². The number of nitrogens with zero attached hydrogens (tertiary/aromatic N) is 3. The van der Waals surface area contributed by atoms with Gasteiger partial charge in [-0.1, -0.05) is 11.8 Å². The van der Waals surface area contributed by atoms with E-state index in [1.165, 1.54) is 0 Å². The average Bonchev–Trinajstić information content (AvgIpc) is 2.52. The van der Waals surface area contributed by atoms with Crippen molar-refractivity contribution in [1.29, 1.82) is 0 Å². The molecule has 1 aromatic heterocycles. The van der Waals surface area contributed by atoms with Gasteiger partial charge in [-0.25, -0.2) is 4.98 Å². The first-order chi connectivity index (χ1) is 10.1. The minimum Gasteiger partial charge on any atom is -0.335 e. The van der Waals surface area contributed by atoms with Crippen LogP contribution in [-0.2, 0) is 0 Å².